The fourth-order valence-electron chi connectivity index (χ4n) is 2.08. The maximum absolute atomic E-state index is 11.9. The third-order valence-electron chi connectivity index (χ3n) is 3.09. The first kappa shape index (κ1) is 14.7. The van der Waals surface area contributed by atoms with Crippen molar-refractivity contribution in [1.29, 1.82) is 0 Å². The van der Waals surface area contributed by atoms with E-state index in [1.807, 2.05) is 31.5 Å². The molecule has 1 saturated heterocycles. The van der Waals surface area contributed by atoms with Crippen LogP contribution in [0.2, 0.25) is 0 Å². The van der Waals surface area contributed by atoms with E-state index in [0.717, 1.165) is 18.8 Å². The van der Waals surface area contributed by atoms with Crippen LogP contribution in [0.15, 0.2) is 12.3 Å². The van der Waals surface area contributed by atoms with Gasteiger partial charge >= 0.3 is 6.09 Å². The molecule has 1 amide bonds. The van der Waals surface area contributed by atoms with Gasteiger partial charge < -0.3 is 15.0 Å². The number of nitrogens with one attached hydrogen (secondary N) is 1. The van der Waals surface area contributed by atoms with Crippen LogP contribution < -0.4 is 5.32 Å². The lowest BCUT2D eigenvalue weighted by atomic mass is 10.1. The SMILES string of the molecule is CCCNc1ccnn1C1CN(C(=O)OC(C)(C)C)C1. The summed E-state index contributed by atoms with van der Waals surface area (Å²) in [6.07, 6.45) is 2.61. The van der Waals surface area contributed by atoms with Crippen molar-refractivity contribution < 1.29 is 9.53 Å². The second-order valence-electron chi connectivity index (χ2n) is 6.13. The lowest BCUT2D eigenvalue weighted by Crippen LogP contribution is -2.52. The number of nitrogens with zero attached hydrogens (tertiary/aromatic N) is 3. The average Bonchev–Trinajstić information content (AvgIpc) is 2.70. The molecule has 1 aromatic heterocycles. The molecule has 2 rings (SSSR count). The van der Waals surface area contributed by atoms with Crippen molar-refractivity contribution in [2.75, 3.05) is 25.0 Å². The molecule has 0 aromatic carbocycles. The number of anilines is 1. The number of likely N-dealkylation sites (tertiary alicyclic amines) is 1. The van der Waals surface area contributed by atoms with Gasteiger partial charge in [0.2, 0.25) is 0 Å². The molecule has 0 bridgehead atoms. The Hall–Kier alpha value is -1.72. The second-order valence-corrected chi connectivity index (χ2v) is 6.13. The van der Waals surface area contributed by atoms with Gasteiger partial charge in [-0.15, -0.1) is 0 Å². The molecule has 0 radical (unpaired) electrons. The van der Waals surface area contributed by atoms with Crippen molar-refractivity contribution in [2.24, 2.45) is 0 Å². The normalized spacial score (nSPS) is 15.9. The van der Waals surface area contributed by atoms with Crippen LogP contribution in [0, 0.1) is 0 Å². The fraction of sp³-hybridized carbons (Fsp3) is 0.714. The minimum atomic E-state index is -0.443. The van der Waals surface area contributed by atoms with Crippen LogP contribution in [0.4, 0.5) is 10.6 Å². The Labute approximate surface area is 120 Å². The average molecular weight is 280 g/mol. The molecule has 1 aromatic rings. The van der Waals surface area contributed by atoms with Crippen molar-refractivity contribution in [3.63, 3.8) is 0 Å². The first-order valence-corrected chi connectivity index (χ1v) is 7.16. The first-order valence-electron chi connectivity index (χ1n) is 7.16. The highest BCUT2D eigenvalue weighted by molar-refractivity contribution is 5.69. The Morgan fingerprint density at radius 1 is 1.50 bits per heavy atom. The molecule has 1 N–H and O–H groups in total. The lowest BCUT2D eigenvalue weighted by molar-refractivity contribution is -0.000135. The summed E-state index contributed by atoms with van der Waals surface area (Å²) in [5.41, 5.74) is -0.443. The van der Waals surface area contributed by atoms with E-state index in [1.165, 1.54) is 0 Å². The predicted molar refractivity (Wildman–Crippen MR) is 77.9 cm³/mol. The smallest absolute Gasteiger partial charge is 0.410 e. The minimum absolute atomic E-state index is 0.233. The van der Waals surface area contributed by atoms with Gasteiger partial charge in [-0.2, -0.15) is 5.10 Å². The third-order valence-corrected chi connectivity index (χ3v) is 3.09. The molecule has 1 aliphatic heterocycles. The summed E-state index contributed by atoms with van der Waals surface area (Å²) in [4.78, 5) is 13.6. The van der Waals surface area contributed by atoms with Crippen LogP contribution in [-0.2, 0) is 4.74 Å². The van der Waals surface area contributed by atoms with E-state index >= 15 is 0 Å². The minimum Gasteiger partial charge on any atom is -0.444 e. The lowest BCUT2D eigenvalue weighted by Gasteiger charge is -2.40. The predicted octanol–water partition coefficient (Wildman–Crippen LogP) is 2.50. The van der Waals surface area contributed by atoms with Gasteiger partial charge in [0.15, 0.2) is 0 Å². The number of hydrogen-bond acceptors (Lipinski definition) is 4. The van der Waals surface area contributed by atoms with E-state index in [1.54, 1.807) is 11.1 Å². The van der Waals surface area contributed by atoms with Gasteiger partial charge in [-0.1, -0.05) is 6.92 Å². The van der Waals surface area contributed by atoms with E-state index in [2.05, 4.69) is 17.3 Å². The molecule has 1 fully saturated rings. The topological polar surface area (TPSA) is 59.4 Å². The maximum Gasteiger partial charge on any atom is 0.410 e. The molecule has 0 aliphatic carbocycles. The monoisotopic (exact) mass is 280 g/mol. The van der Waals surface area contributed by atoms with Crippen molar-refractivity contribution >= 4 is 11.9 Å². The van der Waals surface area contributed by atoms with E-state index in [-0.39, 0.29) is 12.1 Å². The molecule has 0 spiro atoms. The molecular weight excluding hydrogens is 256 g/mol. The fourth-order valence-corrected chi connectivity index (χ4v) is 2.08. The van der Waals surface area contributed by atoms with Crippen LogP contribution in [0.5, 0.6) is 0 Å². The number of aromatic nitrogens is 2. The van der Waals surface area contributed by atoms with Crippen molar-refractivity contribution in [3.8, 4) is 0 Å². The molecule has 0 unspecified atom stereocenters. The second kappa shape index (κ2) is 5.73. The Kier molecular flexibility index (Phi) is 4.20. The van der Waals surface area contributed by atoms with Crippen LogP contribution >= 0.6 is 0 Å². The van der Waals surface area contributed by atoms with Crippen LogP contribution in [0.25, 0.3) is 0 Å². The number of carbonyl (C=O) groups is 1. The molecule has 112 valence electrons. The molecule has 6 heteroatoms. The molecule has 6 nitrogen and oxygen atoms in total. The zero-order valence-corrected chi connectivity index (χ0v) is 12.7. The van der Waals surface area contributed by atoms with Crippen molar-refractivity contribution in [3.05, 3.63) is 12.3 Å². The molecule has 0 saturated carbocycles. The largest absolute Gasteiger partial charge is 0.444 e. The highest BCUT2D eigenvalue weighted by Gasteiger charge is 2.35. The van der Waals surface area contributed by atoms with Gasteiger partial charge in [0.25, 0.3) is 0 Å². The molecule has 2 heterocycles. The van der Waals surface area contributed by atoms with Gasteiger partial charge in [0, 0.05) is 25.7 Å². The maximum atomic E-state index is 11.9. The Morgan fingerprint density at radius 2 is 2.20 bits per heavy atom. The summed E-state index contributed by atoms with van der Waals surface area (Å²) >= 11 is 0. The Bertz CT molecular complexity index is 458. The summed E-state index contributed by atoms with van der Waals surface area (Å²) in [6, 6.07) is 2.20. The van der Waals surface area contributed by atoms with Gasteiger partial charge in [0.1, 0.15) is 11.4 Å². The summed E-state index contributed by atoms with van der Waals surface area (Å²) < 4.78 is 7.30. The molecule has 20 heavy (non-hydrogen) atoms. The van der Waals surface area contributed by atoms with Crippen LogP contribution in [0.1, 0.15) is 40.2 Å². The van der Waals surface area contributed by atoms with Crippen molar-refractivity contribution in [2.45, 2.75) is 45.8 Å². The van der Waals surface area contributed by atoms with E-state index in [0.29, 0.717) is 13.1 Å². The number of hydrogen-bond donors (Lipinski definition) is 1. The van der Waals surface area contributed by atoms with Gasteiger partial charge in [-0.3, -0.25) is 0 Å². The standard InChI is InChI=1S/C14H24N4O2/c1-5-7-15-12-6-8-16-18(12)11-9-17(10-11)13(19)20-14(2,3)4/h6,8,11,15H,5,7,9-10H2,1-4H3. The number of rotatable bonds is 4. The Balaban J connectivity index is 1.87. The van der Waals surface area contributed by atoms with E-state index in [4.69, 9.17) is 4.74 Å². The number of amides is 1. The highest BCUT2D eigenvalue weighted by atomic mass is 16.6. The first-order chi connectivity index (χ1) is 9.40. The number of ether oxygens (including phenoxy) is 1. The van der Waals surface area contributed by atoms with Crippen molar-refractivity contribution in [1.82, 2.24) is 14.7 Å². The van der Waals surface area contributed by atoms with Gasteiger partial charge in [-0.05, 0) is 27.2 Å². The summed E-state index contributed by atoms with van der Waals surface area (Å²) in [6.45, 7) is 9.98. The third kappa shape index (κ3) is 3.43. The van der Waals surface area contributed by atoms with Gasteiger partial charge in [0.05, 0.1) is 12.2 Å². The molecule has 0 atom stereocenters. The van der Waals surface area contributed by atoms with Gasteiger partial charge in [-0.25, -0.2) is 9.48 Å². The Morgan fingerprint density at radius 3 is 2.80 bits per heavy atom. The highest BCUT2D eigenvalue weighted by Crippen LogP contribution is 2.25. The van der Waals surface area contributed by atoms with E-state index in [9.17, 15) is 4.79 Å². The summed E-state index contributed by atoms with van der Waals surface area (Å²) in [7, 11) is 0. The summed E-state index contributed by atoms with van der Waals surface area (Å²) in [5, 5.41) is 7.67. The van der Waals surface area contributed by atoms with Crippen LogP contribution in [-0.4, -0.2) is 46.0 Å². The van der Waals surface area contributed by atoms with Crippen LogP contribution in [0.3, 0.4) is 0 Å². The molecule has 1 aliphatic rings. The zero-order chi connectivity index (χ0) is 14.8. The summed E-state index contributed by atoms with van der Waals surface area (Å²) in [5.74, 6) is 1.01. The van der Waals surface area contributed by atoms with E-state index < -0.39 is 5.60 Å². The number of carbonyl (C=O) groups excluding carboxylic acids is 1. The zero-order valence-electron chi connectivity index (χ0n) is 12.7. The quantitative estimate of drug-likeness (QED) is 0.920. The molecular formula is C14H24N4O2.